The number of anilines is 1. The second-order valence-corrected chi connectivity index (χ2v) is 9.94. The first-order valence-corrected chi connectivity index (χ1v) is 12.7. The number of aliphatic imine (C=N–C) groups is 1. The number of aromatic nitrogens is 4. The first-order chi connectivity index (χ1) is 17.6. The molecule has 1 aliphatic carbocycles. The van der Waals surface area contributed by atoms with Crippen molar-refractivity contribution in [3.8, 4) is 0 Å². The molecule has 0 saturated carbocycles. The zero-order valence-electron chi connectivity index (χ0n) is 19.1. The fourth-order valence-corrected chi connectivity index (χ4v) is 4.97. The number of imidazole rings is 1. The molecular weight excluding hydrogens is 509 g/mol. The summed E-state index contributed by atoms with van der Waals surface area (Å²) in [6, 6.07) is -1.39. The lowest BCUT2D eigenvalue weighted by Crippen LogP contribution is -2.34. The van der Waals surface area contributed by atoms with Gasteiger partial charge in [0.05, 0.1) is 19.0 Å². The maximum atomic E-state index is 12.4. The molecule has 7 unspecified atom stereocenters. The van der Waals surface area contributed by atoms with Crippen molar-refractivity contribution >= 4 is 37.0 Å². The van der Waals surface area contributed by atoms with Crippen molar-refractivity contribution < 1.29 is 38.3 Å². The van der Waals surface area contributed by atoms with Crippen LogP contribution in [0.5, 0.6) is 0 Å². The third kappa shape index (κ3) is 4.98. The van der Waals surface area contributed by atoms with E-state index in [9.17, 15) is 24.5 Å². The second-order valence-electron chi connectivity index (χ2n) is 8.56. The van der Waals surface area contributed by atoms with Gasteiger partial charge in [-0.2, -0.15) is 0 Å². The van der Waals surface area contributed by atoms with Gasteiger partial charge < -0.3 is 30.9 Å². The number of carbonyl (C=O) groups excluding carboxylic acids is 1. The molecule has 0 amide bonds. The van der Waals surface area contributed by atoms with Gasteiger partial charge >= 0.3 is 13.8 Å². The maximum Gasteiger partial charge on any atom is 0.529 e. The molecule has 4 heterocycles. The molecule has 7 atom stereocenters. The Bertz CT molecular complexity index is 1390. The Kier molecular flexibility index (Phi) is 6.76. The molecule has 0 radical (unpaired) electrons. The molecule has 0 spiro atoms. The van der Waals surface area contributed by atoms with Crippen LogP contribution >= 0.6 is 7.82 Å². The summed E-state index contributed by atoms with van der Waals surface area (Å²) in [5, 5.41) is 20.9. The Morgan fingerprint density at radius 1 is 1.24 bits per heavy atom. The molecule has 3 aliphatic rings. The van der Waals surface area contributed by atoms with Crippen LogP contribution in [0.3, 0.4) is 0 Å². The van der Waals surface area contributed by atoms with Crippen LogP contribution in [-0.4, -0.2) is 83.8 Å². The standard InChI is InChI=1S/C21H24N7O8P/c22-12(5-10-6-24-13-4-2-1-3-11(10)13)21(31)36-37(32,33)34-7-14-16(29)17(30)20(35-14)28-9-27-15-18(23)25-8-26-19(15)28/h1-4,6,8-9,12-14,16-17,20,29-30H,5,7,22H2,(H,32,33)(H2,23,25,26). The number of fused-ring (bicyclic) bond motifs is 2. The van der Waals surface area contributed by atoms with Gasteiger partial charge in [-0.15, -0.1) is 0 Å². The normalized spacial score (nSPS) is 29.0. The molecule has 5 rings (SSSR count). The van der Waals surface area contributed by atoms with Gasteiger partial charge in [-0.3, -0.25) is 19.0 Å². The van der Waals surface area contributed by atoms with E-state index >= 15 is 0 Å². The second kappa shape index (κ2) is 9.87. The van der Waals surface area contributed by atoms with E-state index in [-0.39, 0.29) is 29.4 Å². The number of phosphoric ester groups is 1. The molecule has 15 nitrogen and oxygen atoms in total. The number of aliphatic hydroxyl groups excluding tert-OH is 2. The van der Waals surface area contributed by atoms with Crippen LogP contribution in [0, 0.1) is 0 Å². The van der Waals surface area contributed by atoms with Gasteiger partial charge in [-0.25, -0.2) is 24.3 Å². The van der Waals surface area contributed by atoms with E-state index in [1.807, 2.05) is 24.3 Å². The van der Waals surface area contributed by atoms with Crippen molar-refractivity contribution in [3.63, 3.8) is 0 Å². The lowest BCUT2D eigenvalue weighted by molar-refractivity contribution is -0.137. The fourth-order valence-electron chi connectivity index (χ4n) is 4.22. The summed E-state index contributed by atoms with van der Waals surface area (Å²) in [6.07, 6.45) is 6.18. The minimum absolute atomic E-state index is 0.0393. The minimum atomic E-state index is -4.93. The lowest BCUT2D eigenvalue weighted by atomic mass is 9.96. The molecular formula is C21H24N7O8P. The number of nitrogen functional groups attached to an aromatic ring is 1. The molecule has 0 bridgehead atoms. The van der Waals surface area contributed by atoms with Crippen LogP contribution in [0.2, 0.25) is 0 Å². The number of rotatable bonds is 8. The van der Waals surface area contributed by atoms with Gasteiger partial charge in [0, 0.05) is 12.6 Å². The van der Waals surface area contributed by atoms with Crippen molar-refractivity contribution in [3.05, 3.63) is 48.1 Å². The number of nitrogens with two attached hydrogens (primary N) is 2. The van der Waals surface area contributed by atoms with Gasteiger partial charge in [-0.1, -0.05) is 24.3 Å². The Hall–Kier alpha value is -3.30. The van der Waals surface area contributed by atoms with Gasteiger partial charge in [0.1, 0.15) is 36.2 Å². The summed E-state index contributed by atoms with van der Waals surface area (Å²) in [7, 11) is -4.93. The summed E-state index contributed by atoms with van der Waals surface area (Å²) in [5.74, 6) is -1.04. The Morgan fingerprint density at radius 3 is 2.86 bits per heavy atom. The van der Waals surface area contributed by atoms with E-state index in [4.69, 9.17) is 20.7 Å². The van der Waals surface area contributed by atoms with Gasteiger partial charge in [0.2, 0.25) is 0 Å². The third-order valence-electron chi connectivity index (χ3n) is 6.11. The third-order valence-corrected chi connectivity index (χ3v) is 7.00. The maximum absolute atomic E-state index is 12.4. The van der Waals surface area contributed by atoms with Gasteiger partial charge in [0.15, 0.2) is 17.7 Å². The molecule has 7 N–H and O–H groups in total. The average Bonchev–Trinajstić information content (AvgIpc) is 3.55. The number of aliphatic hydroxyl groups is 2. The number of hydrogen-bond donors (Lipinski definition) is 5. The summed E-state index contributed by atoms with van der Waals surface area (Å²) in [6.45, 7) is -0.685. The van der Waals surface area contributed by atoms with E-state index in [1.54, 1.807) is 6.21 Å². The van der Waals surface area contributed by atoms with Crippen molar-refractivity contribution in [1.29, 1.82) is 0 Å². The molecule has 196 valence electrons. The molecule has 1 saturated heterocycles. The topological polar surface area (TPSA) is 231 Å². The summed E-state index contributed by atoms with van der Waals surface area (Å²) >= 11 is 0. The zero-order valence-corrected chi connectivity index (χ0v) is 20.0. The van der Waals surface area contributed by atoms with Crippen molar-refractivity contribution in [1.82, 2.24) is 19.5 Å². The summed E-state index contributed by atoms with van der Waals surface area (Å²) in [5.41, 5.74) is 13.8. The highest BCUT2D eigenvalue weighted by Gasteiger charge is 2.46. The fraction of sp³-hybridized carbons (Fsp3) is 0.381. The quantitative estimate of drug-likeness (QED) is 0.264. The highest BCUT2D eigenvalue weighted by molar-refractivity contribution is 7.48. The highest BCUT2D eigenvalue weighted by Crippen LogP contribution is 2.45. The SMILES string of the molecule is Nc1ncnc2c1ncn2C1OC(COP(=O)(O)OC(=O)C(N)CC2=C3C=CC=CC3N=C2)C(O)C1O. The Labute approximate surface area is 209 Å². The van der Waals surface area contributed by atoms with Crippen LogP contribution in [-0.2, 0) is 23.1 Å². The molecule has 0 aromatic carbocycles. The Balaban J connectivity index is 1.18. The highest BCUT2D eigenvalue weighted by atomic mass is 31.2. The number of nitrogens with zero attached hydrogens (tertiary/aromatic N) is 5. The minimum Gasteiger partial charge on any atom is -0.387 e. The average molecular weight is 533 g/mol. The number of hydrogen-bond acceptors (Lipinski definition) is 13. The van der Waals surface area contributed by atoms with E-state index in [0.29, 0.717) is 5.57 Å². The van der Waals surface area contributed by atoms with Crippen molar-refractivity contribution in [2.75, 3.05) is 12.3 Å². The van der Waals surface area contributed by atoms with Crippen LogP contribution in [0.25, 0.3) is 11.2 Å². The Morgan fingerprint density at radius 2 is 2.05 bits per heavy atom. The van der Waals surface area contributed by atoms with Crippen LogP contribution in [0.15, 0.2) is 53.1 Å². The first-order valence-electron chi connectivity index (χ1n) is 11.2. The molecule has 2 aromatic heterocycles. The molecule has 2 aliphatic heterocycles. The summed E-state index contributed by atoms with van der Waals surface area (Å²) < 4.78 is 28.8. The van der Waals surface area contributed by atoms with Crippen molar-refractivity contribution in [2.24, 2.45) is 10.7 Å². The number of ether oxygens (including phenoxy) is 1. The van der Waals surface area contributed by atoms with E-state index in [0.717, 1.165) is 5.57 Å². The predicted molar refractivity (Wildman–Crippen MR) is 128 cm³/mol. The predicted octanol–water partition coefficient (Wildman–Crippen LogP) is -0.719. The number of phosphoric acid groups is 1. The molecule has 2 aromatic rings. The van der Waals surface area contributed by atoms with Crippen LogP contribution < -0.4 is 11.5 Å². The smallest absolute Gasteiger partial charge is 0.387 e. The van der Waals surface area contributed by atoms with Gasteiger partial charge in [-0.05, 0) is 11.1 Å². The van der Waals surface area contributed by atoms with Crippen molar-refractivity contribution in [2.45, 2.75) is 43.0 Å². The largest absolute Gasteiger partial charge is 0.529 e. The molecule has 37 heavy (non-hydrogen) atoms. The van der Waals surface area contributed by atoms with Gasteiger partial charge in [0.25, 0.3) is 0 Å². The lowest BCUT2D eigenvalue weighted by Gasteiger charge is -2.19. The summed E-state index contributed by atoms with van der Waals surface area (Å²) in [4.78, 5) is 38.7. The van der Waals surface area contributed by atoms with Crippen LogP contribution in [0.1, 0.15) is 12.6 Å². The number of allylic oxidation sites excluding steroid dienone is 2. The first kappa shape index (κ1) is 25.4. The van der Waals surface area contributed by atoms with E-state index < -0.39 is 51.0 Å². The molecule has 1 fully saturated rings. The number of carbonyl (C=O) groups is 1. The van der Waals surface area contributed by atoms with E-state index in [2.05, 4.69) is 24.5 Å². The van der Waals surface area contributed by atoms with E-state index in [1.165, 1.54) is 17.2 Å². The van der Waals surface area contributed by atoms with Crippen LogP contribution in [0.4, 0.5) is 5.82 Å². The zero-order chi connectivity index (χ0) is 26.3. The monoisotopic (exact) mass is 533 g/mol. The molecule has 16 heteroatoms.